The zero-order chi connectivity index (χ0) is 10.3. The first-order valence-electron chi connectivity index (χ1n) is 6.20. The summed E-state index contributed by atoms with van der Waals surface area (Å²) in [5.74, 6) is 3.03. The Labute approximate surface area is 91.5 Å². The highest BCUT2D eigenvalue weighted by Gasteiger charge is 2.39. The van der Waals surface area contributed by atoms with Crippen LogP contribution in [0.15, 0.2) is 18.5 Å². The summed E-state index contributed by atoms with van der Waals surface area (Å²) in [6.45, 7) is 1.89. The molecule has 2 saturated carbocycles. The van der Waals surface area contributed by atoms with Crippen molar-refractivity contribution >= 4 is 0 Å². The van der Waals surface area contributed by atoms with E-state index in [4.69, 9.17) is 5.73 Å². The minimum absolute atomic E-state index is 0.670. The lowest BCUT2D eigenvalue weighted by Gasteiger charge is -2.21. The average molecular weight is 204 g/mol. The summed E-state index contributed by atoms with van der Waals surface area (Å²) < 4.78 is 2.34. The molecular weight excluding hydrogens is 184 g/mol. The van der Waals surface area contributed by atoms with Gasteiger partial charge in [0.1, 0.15) is 0 Å². The van der Waals surface area contributed by atoms with Gasteiger partial charge in [-0.05, 0) is 48.6 Å². The maximum atomic E-state index is 5.62. The van der Waals surface area contributed by atoms with Gasteiger partial charge in [0.25, 0.3) is 0 Å². The predicted octanol–water partition coefficient (Wildman–Crippen LogP) is 2.38. The fourth-order valence-electron chi connectivity index (χ4n) is 3.60. The third-order valence-corrected chi connectivity index (χ3v) is 4.38. The van der Waals surface area contributed by atoms with E-state index >= 15 is 0 Å². The van der Waals surface area contributed by atoms with E-state index < -0.39 is 0 Å². The van der Waals surface area contributed by atoms with Crippen molar-refractivity contribution < 1.29 is 0 Å². The maximum Gasteiger partial charge on any atom is 0.0250 e. The molecule has 1 aromatic heterocycles. The van der Waals surface area contributed by atoms with Crippen LogP contribution in [0.4, 0.5) is 0 Å². The summed E-state index contributed by atoms with van der Waals surface area (Å²) >= 11 is 0. The Hall–Kier alpha value is -0.760. The Bertz CT molecular complexity index is 342. The monoisotopic (exact) mass is 204 g/mol. The quantitative estimate of drug-likeness (QED) is 0.805. The highest BCUT2D eigenvalue weighted by molar-refractivity contribution is 5.09. The molecule has 2 aliphatic carbocycles. The van der Waals surface area contributed by atoms with Crippen LogP contribution in [0.25, 0.3) is 0 Å². The molecular formula is C13H20N2. The summed E-state index contributed by atoms with van der Waals surface area (Å²) in [5, 5.41) is 0. The normalized spacial score (nSPS) is 33.8. The van der Waals surface area contributed by atoms with Crippen LogP contribution in [0.3, 0.4) is 0 Å². The van der Waals surface area contributed by atoms with Crippen molar-refractivity contribution in [3.63, 3.8) is 0 Å². The van der Waals surface area contributed by atoms with Crippen LogP contribution in [0.1, 0.15) is 31.2 Å². The minimum atomic E-state index is 0.670. The van der Waals surface area contributed by atoms with Gasteiger partial charge in [0, 0.05) is 25.5 Å². The molecule has 0 saturated heterocycles. The second-order valence-electron chi connectivity index (χ2n) is 5.36. The van der Waals surface area contributed by atoms with Crippen molar-refractivity contribution in [3.8, 4) is 0 Å². The number of nitrogens with zero attached hydrogens (tertiary/aromatic N) is 1. The third-order valence-electron chi connectivity index (χ3n) is 4.38. The van der Waals surface area contributed by atoms with Crippen molar-refractivity contribution in [2.75, 3.05) is 0 Å². The van der Waals surface area contributed by atoms with Gasteiger partial charge in [0.2, 0.25) is 0 Å². The van der Waals surface area contributed by atoms with E-state index in [9.17, 15) is 0 Å². The molecule has 1 aromatic rings. The number of nitrogens with two attached hydrogens (primary N) is 1. The van der Waals surface area contributed by atoms with Gasteiger partial charge < -0.3 is 10.3 Å². The highest BCUT2D eigenvalue weighted by Crippen LogP contribution is 2.48. The van der Waals surface area contributed by atoms with Gasteiger partial charge in [-0.1, -0.05) is 6.42 Å². The SMILES string of the molecule is NCc1ccn(CC2CC3CCC2C3)c1. The van der Waals surface area contributed by atoms with Crippen molar-refractivity contribution in [1.82, 2.24) is 4.57 Å². The van der Waals surface area contributed by atoms with Crippen molar-refractivity contribution in [3.05, 3.63) is 24.0 Å². The van der Waals surface area contributed by atoms with E-state index in [2.05, 4.69) is 23.0 Å². The molecule has 2 N–H and O–H groups in total. The van der Waals surface area contributed by atoms with E-state index in [1.807, 2.05) is 0 Å². The fraction of sp³-hybridized carbons (Fsp3) is 0.692. The molecule has 0 spiro atoms. The van der Waals surface area contributed by atoms with Gasteiger partial charge in [-0.15, -0.1) is 0 Å². The highest BCUT2D eigenvalue weighted by atomic mass is 14.9. The molecule has 0 radical (unpaired) electrons. The molecule has 3 unspecified atom stereocenters. The van der Waals surface area contributed by atoms with Gasteiger partial charge in [-0.25, -0.2) is 0 Å². The first kappa shape index (κ1) is 9.46. The Morgan fingerprint density at radius 1 is 1.33 bits per heavy atom. The average Bonchev–Trinajstić information content (AvgIpc) is 2.92. The van der Waals surface area contributed by atoms with Crippen molar-refractivity contribution in [2.45, 2.75) is 38.8 Å². The maximum absolute atomic E-state index is 5.62. The number of aromatic nitrogens is 1. The molecule has 1 heterocycles. The van der Waals surface area contributed by atoms with Crippen LogP contribution in [0.5, 0.6) is 0 Å². The van der Waals surface area contributed by atoms with Crippen LogP contribution in [0, 0.1) is 17.8 Å². The summed E-state index contributed by atoms with van der Waals surface area (Å²) in [6, 6.07) is 2.15. The third kappa shape index (κ3) is 1.71. The van der Waals surface area contributed by atoms with E-state index in [0.717, 1.165) is 17.8 Å². The first-order chi connectivity index (χ1) is 7.35. The van der Waals surface area contributed by atoms with Gasteiger partial charge in [-0.2, -0.15) is 0 Å². The second kappa shape index (κ2) is 3.67. The molecule has 0 aliphatic heterocycles. The number of hydrogen-bond acceptors (Lipinski definition) is 1. The van der Waals surface area contributed by atoms with Crippen molar-refractivity contribution in [1.29, 1.82) is 0 Å². The number of rotatable bonds is 3. The Morgan fingerprint density at radius 2 is 2.27 bits per heavy atom. The number of hydrogen-bond donors (Lipinski definition) is 1. The zero-order valence-electron chi connectivity index (χ0n) is 9.23. The summed E-state index contributed by atoms with van der Waals surface area (Å²) in [4.78, 5) is 0. The molecule has 0 aromatic carbocycles. The van der Waals surface area contributed by atoms with Gasteiger partial charge in [0.05, 0.1) is 0 Å². The smallest absolute Gasteiger partial charge is 0.0250 e. The molecule has 2 nitrogen and oxygen atoms in total. The summed E-state index contributed by atoms with van der Waals surface area (Å²) in [6.07, 6.45) is 10.4. The van der Waals surface area contributed by atoms with E-state index in [0.29, 0.717) is 6.54 Å². The molecule has 3 atom stereocenters. The standard InChI is InChI=1S/C13H20N2/c14-7-11-3-4-15(8-11)9-13-6-10-1-2-12(13)5-10/h3-4,8,10,12-13H,1-2,5-7,9,14H2. The molecule has 2 fully saturated rings. The molecule has 82 valence electrons. The summed E-state index contributed by atoms with van der Waals surface area (Å²) in [7, 11) is 0. The molecule has 2 bridgehead atoms. The fourth-order valence-corrected chi connectivity index (χ4v) is 3.60. The molecule has 2 heteroatoms. The number of fused-ring (bicyclic) bond motifs is 2. The van der Waals surface area contributed by atoms with Gasteiger partial charge >= 0.3 is 0 Å². The van der Waals surface area contributed by atoms with Gasteiger partial charge in [-0.3, -0.25) is 0 Å². The Balaban J connectivity index is 1.65. The predicted molar refractivity (Wildman–Crippen MR) is 61.3 cm³/mol. The lowest BCUT2D eigenvalue weighted by atomic mass is 9.89. The van der Waals surface area contributed by atoms with E-state index in [1.54, 1.807) is 0 Å². The van der Waals surface area contributed by atoms with Gasteiger partial charge in [0.15, 0.2) is 0 Å². The largest absolute Gasteiger partial charge is 0.354 e. The minimum Gasteiger partial charge on any atom is -0.354 e. The molecule has 2 aliphatic rings. The molecule has 0 amide bonds. The van der Waals surface area contributed by atoms with Crippen molar-refractivity contribution in [2.24, 2.45) is 23.5 Å². The topological polar surface area (TPSA) is 30.9 Å². The van der Waals surface area contributed by atoms with Crippen LogP contribution < -0.4 is 5.73 Å². The Kier molecular flexibility index (Phi) is 2.32. The molecule has 15 heavy (non-hydrogen) atoms. The molecule has 3 rings (SSSR count). The van der Waals surface area contributed by atoms with Crippen LogP contribution in [-0.4, -0.2) is 4.57 Å². The second-order valence-corrected chi connectivity index (χ2v) is 5.36. The lowest BCUT2D eigenvalue weighted by molar-refractivity contribution is 0.296. The van der Waals surface area contributed by atoms with E-state index in [-0.39, 0.29) is 0 Å². The van der Waals surface area contributed by atoms with Crippen LogP contribution >= 0.6 is 0 Å². The lowest BCUT2D eigenvalue weighted by Crippen LogP contribution is -2.16. The Morgan fingerprint density at radius 3 is 2.87 bits per heavy atom. The van der Waals surface area contributed by atoms with Crippen LogP contribution in [-0.2, 0) is 13.1 Å². The first-order valence-corrected chi connectivity index (χ1v) is 6.20. The van der Waals surface area contributed by atoms with Crippen LogP contribution in [0.2, 0.25) is 0 Å². The van der Waals surface area contributed by atoms with E-state index in [1.165, 1.54) is 37.8 Å². The zero-order valence-corrected chi connectivity index (χ0v) is 9.23. The summed E-state index contributed by atoms with van der Waals surface area (Å²) in [5.41, 5.74) is 6.88.